The fourth-order valence-electron chi connectivity index (χ4n) is 1.78. The molecule has 1 atom stereocenters. The molecular weight excluding hydrogens is 264 g/mol. The molecule has 0 aliphatic heterocycles. The molecule has 5 heteroatoms. The lowest BCUT2D eigenvalue weighted by molar-refractivity contribution is 0.0416. The van der Waals surface area contributed by atoms with Crippen LogP contribution in [0.25, 0.3) is 0 Å². The highest BCUT2D eigenvalue weighted by molar-refractivity contribution is 5.44. The van der Waals surface area contributed by atoms with Crippen molar-refractivity contribution in [3.8, 4) is 0 Å². The van der Waals surface area contributed by atoms with Crippen molar-refractivity contribution >= 4 is 5.69 Å². The normalized spacial score (nSPS) is 12.4. The first-order valence-electron chi connectivity index (χ1n) is 7.08. The monoisotopic (exact) mass is 287 g/mol. The molecule has 0 saturated carbocycles. The van der Waals surface area contributed by atoms with Crippen LogP contribution in [0.2, 0.25) is 0 Å². The Bertz CT molecular complexity index is 388. The predicted octanol–water partition coefficient (Wildman–Crippen LogP) is 3.33. The topological polar surface area (TPSA) is 41.5 Å². The standard InChI is InChI=1S/C15H23F2NO2/c1-2-3-4-5-9-20-11-12(19)10-18-14-8-6-7-13(16)15(14)17/h6-8,12,18-19H,2-5,9-11H2,1H3. The van der Waals surface area contributed by atoms with Crippen molar-refractivity contribution in [2.24, 2.45) is 0 Å². The van der Waals surface area contributed by atoms with Gasteiger partial charge in [0.1, 0.15) is 0 Å². The second-order valence-electron chi connectivity index (χ2n) is 4.77. The number of benzene rings is 1. The van der Waals surface area contributed by atoms with E-state index >= 15 is 0 Å². The number of ether oxygens (including phenoxy) is 1. The van der Waals surface area contributed by atoms with Crippen LogP contribution in [0.15, 0.2) is 18.2 Å². The van der Waals surface area contributed by atoms with E-state index in [2.05, 4.69) is 12.2 Å². The van der Waals surface area contributed by atoms with E-state index in [1.54, 1.807) is 0 Å². The molecule has 3 nitrogen and oxygen atoms in total. The van der Waals surface area contributed by atoms with Crippen LogP contribution in [0.1, 0.15) is 32.6 Å². The van der Waals surface area contributed by atoms with Gasteiger partial charge >= 0.3 is 0 Å². The van der Waals surface area contributed by atoms with Crippen molar-refractivity contribution < 1.29 is 18.6 Å². The summed E-state index contributed by atoms with van der Waals surface area (Å²) in [7, 11) is 0. The first-order chi connectivity index (χ1) is 9.65. The van der Waals surface area contributed by atoms with Crippen molar-refractivity contribution in [3.05, 3.63) is 29.8 Å². The van der Waals surface area contributed by atoms with Crippen molar-refractivity contribution in [2.75, 3.05) is 25.1 Å². The van der Waals surface area contributed by atoms with Crippen LogP contribution in [0.5, 0.6) is 0 Å². The minimum Gasteiger partial charge on any atom is -0.389 e. The summed E-state index contributed by atoms with van der Waals surface area (Å²) in [6, 6.07) is 3.89. The lowest BCUT2D eigenvalue weighted by atomic mass is 10.2. The van der Waals surface area contributed by atoms with Crippen molar-refractivity contribution in [2.45, 2.75) is 38.7 Å². The molecule has 0 bridgehead atoms. The van der Waals surface area contributed by atoms with Gasteiger partial charge in [-0.05, 0) is 18.6 Å². The van der Waals surface area contributed by atoms with Gasteiger partial charge < -0.3 is 15.2 Å². The van der Waals surface area contributed by atoms with Crippen LogP contribution in [0, 0.1) is 11.6 Å². The Labute approximate surface area is 119 Å². The Morgan fingerprint density at radius 2 is 2.05 bits per heavy atom. The molecular formula is C15H23F2NO2. The molecule has 0 aliphatic rings. The number of anilines is 1. The molecule has 0 aliphatic carbocycles. The summed E-state index contributed by atoms with van der Waals surface area (Å²) in [5, 5.41) is 12.3. The van der Waals surface area contributed by atoms with E-state index in [-0.39, 0.29) is 18.8 Å². The highest BCUT2D eigenvalue weighted by Crippen LogP contribution is 2.16. The zero-order valence-electron chi connectivity index (χ0n) is 11.9. The maximum Gasteiger partial charge on any atom is 0.181 e. The Balaban J connectivity index is 2.16. The third-order valence-corrected chi connectivity index (χ3v) is 2.93. The van der Waals surface area contributed by atoms with Gasteiger partial charge in [0.15, 0.2) is 11.6 Å². The smallest absolute Gasteiger partial charge is 0.181 e. The summed E-state index contributed by atoms with van der Waals surface area (Å²) in [4.78, 5) is 0. The minimum absolute atomic E-state index is 0.0481. The largest absolute Gasteiger partial charge is 0.389 e. The molecule has 0 radical (unpaired) electrons. The Morgan fingerprint density at radius 1 is 1.25 bits per heavy atom. The van der Waals surface area contributed by atoms with Gasteiger partial charge in [0.25, 0.3) is 0 Å². The summed E-state index contributed by atoms with van der Waals surface area (Å²) >= 11 is 0. The molecule has 0 amide bonds. The Morgan fingerprint density at radius 3 is 2.80 bits per heavy atom. The van der Waals surface area contributed by atoms with E-state index in [1.165, 1.54) is 25.0 Å². The van der Waals surface area contributed by atoms with Gasteiger partial charge in [-0.25, -0.2) is 8.78 Å². The number of halogens is 2. The molecule has 1 aromatic rings. The van der Waals surface area contributed by atoms with Gasteiger partial charge in [-0.15, -0.1) is 0 Å². The fraction of sp³-hybridized carbons (Fsp3) is 0.600. The van der Waals surface area contributed by atoms with E-state index in [1.807, 2.05) is 0 Å². The van der Waals surface area contributed by atoms with E-state index in [9.17, 15) is 13.9 Å². The quantitative estimate of drug-likeness (QED) is 0.649. The molecule has 114 valence electrons. The second kappa shape index (κ2) is 9.66. The molecule has 2 N–H and O–H groups in total. The summed E-state index contributed by atoms with van der Waals surface area (Å²) in [5.41, 5.74) is 0.0481. The zero-order valence-corrected chi connectivity index (χ0v) is 11.9. The predicted molar refractivity (Wildman–Crippen MR) is 75.8 cm³/mol. The summed E-state index contributed by atoms with van der Waals surface area (Å²) in [5.74, 6) is -1.84. The zero-order chi connectivity index (χ0) is 14.8. The van der Waals surface area contributed by atoms with Gasteiger partial charge in [-0.3, -0.25) is 0 Å². The molecule has 20 heavy (non-hydrogen) atoms. The number of hydrogen-bond donors (Lipinski definition) is 2. The third kappa shape index (κ3) is 6.30. The molecule has 1 rings (SSSR count). The van der Waals surface area contributed by atoms with E-state index in [4.69, 9.17) is 4.74 Å². The second-order valence-corrected chi connectivity index (χ2v) is 4.77. The van der Waals surface area contributed by atoms with Gasteiger partial charge in [0, 0.05) is 13.2 Å². The van der Waals surface area contributed by atoms with Gasteiger partial charge in [0.2, 0.25) is 0 Å². The molecule has 1 aromatic carbocycles. The number of aliphatic hydroxyl groups is 1. The molecule has 0 heterocycles. The number of nitrogens with one attached hydrogen (secondary N) is 1. The van der Waals surface area contributed by atoms with Crippen LogP contribution in [-0.4, -0.2) is 31.0 Å². The summed E-state index contributed by atoms with van der Waals surface area (Å²) < 4.78 is 31.6. The minimum atomic E-state index is -0.930. The first kappa shape index (κ1) is 16.9. The maximum absolute atomic E-state index is 13.3. The number of hydrogen-bond acceptors (Lipinski definition) is 3. The molecule has 0 spiro atoms. The number of aliphatic hydroxyl groups excluding tert-OH is 1. The highest BCUT2D eigenvalue weighted by atomic mass is 19.2. The van der Waals surface area contributed by atoms with E-state index in [0.717, 1.165) is 18.9 Å². The van der Waals surface area contributed by atoms with Gasteiger partial charge in [-0.2, -0.15) is 0 Å². The summed E-state index contributed by atoms with van der Waals surface area (Å²) in [6.45, 7) is 3.07. The maximum atomic E-state index is 13.3. The van der Waals surface area contributed by atoms with Crippen LogP contribution in [0.4, 0.5) is 14.5 Å². The lowest BCUT2D eigenvalue weighted by Gasteiger charge is -2.13. The average molecular weight is 287 g/mol. The van der Waals surface area contributed by atoms with E-state index < -0.39 is 17.7 Å². The molecule has 0 aromatic heterocycles. The average Bonchev–Trinajstić information content (AvgIpc) is 2.44. The van der Waals surface area contributed by atoms with Crippen molar-refractivity contribution in [1.82, 2.24) is 0 Å². The van der Waals surface area contributed by atoms with Crippen LogP contribution >= 0.6 is 0 Å². The van der Waals surface area contributed by atoms with E-state index in [0.29, 0.717) is 6.61 Å². The first-order valence-corrected chi connectivity index (χ1v) is 7.08. The molecule has 0 saturated heterocycles. The lowest BCUT2D eigenvalue weighted by Crippen LogP contribution is -2.25. The van der Waals surface area contributed by atoms with Crippen molar-refractivity contribution in [1.29, 1.82) is 0 Å². The van der Waals surface area contributed by atoms with Gasteiger partial charge in [-0.1, -0.05) is 32.3 Å². The van der Waals surface area contributed by atoms with Crippen LogP contribution in [-0.2, 0) is 4.74 Å². The fourth-order valence-corrected chi connectivity index (χ4v) is 1.78. The van der Waals surface area contributed by atoms with Crippen LogP contribution in [0.3, 0.4) is 0 Å². The summed E-state index contributed by atoms with van der Waals surface area (Å²) in [6.07, 6.45) is 3.72. The van der Waals surface area contributed by atoms with Gasteiger partial charge in [0.05, 0.1) is 18.4 Å². The Hall–Kier alpha value is -1.20. The highest BCUT2D eigenvalue weighted by Gasteiger charge is 2.09. The molecule has 0 fully saturated rings. The Kier molecular flexibility index (Phi) is 8.14. The third-order valence-electron chi connectivity index (χ3n) is 2.93. The number of rotatable bonds is 10. The van der Waals surface area contributed by atoms with Crippen molar-refractivity contribution in [3.63, 3.8) is 0 Å². The molecule has 1 unspecified atom stereocenters. The SMILES string of the molecule is CCCCCCOCC(O)CNc1cccc(F)c1F. The number of unbranched alkanes of at least 4 members (excludes halogenated alkanes) is 3. The van der Waals surface area contributed by atoms with Crippen LogP contribution < -0.4 is 5.32 Å².